The molecule has 23 heavy (non-hydrogen) atoms. The molecular weight excluding hydrogens is 343 g/mol. The zero-order valence-electron chi connectivity index (χ0n) is 11.8. The molecule has 2 atom stereocenters. The van der Waals surface area contributed by atoms with E-state index in [1.807, 2.05) is 6.07 Å². The fourth-order valence-corrected chi connectivity index (χ4v) is 2.79. The molecule has 8 heteroatoms. The fourth-order valence-electron chi connectivity index (χ4n) is 2.22. The van der Waals surface area contributed by atoms with Crippen molar-refractivity contribution >= 4 is 35.1 Å². The summed E-state index contributed by atoms with van der Waals surface area (Å²) in [5, 5.41) is 9.05. The Labute approximate surface area is 142 Å². The average Bonchev–Trinajstić information content (AvgIpc) is 2.51. The van der Waals surface area contributed by atoms with Gasteiger partial charge < -0.3 is 21.3 Å². The van der Waals surface area contributed by atoms with Crippen LogP contribution >= 0.6 is 23.2 Å². The molecule has 5 N–H and O–H groups in total. The number of carbonyl (C=O) groups is 2. The quantitative estimate of drug-likeness (QED) is 0.706. The van der Waals surface area contributed by atoms with E-state index in [-0.39, 0.29) is 22.4 Å². The number of hydrogen-bond donors (Lipinski definition) is 3. The van der Waals surface area contributed by atoms with Crippen LogP contribution in [-0.2, 0) is 20.9 Å². The number of halogens is 2. The lowest BCUT2D eigenvalue weighted by molar-refractivity contribution is -0.157. The Bertz CT molecular complexity index is 703. The van der Waals surface area contributed by atoms with Gasteiger partial charge in [0, 0.05) is 5.70 Å². The maximum absolute atomic E-state index is 12.4. The lowest BCUT2D eigenvalue weighted by Crippen LogP contribution is -2.60. The van der Waals surface area contributed by atoms with Crippen LogP contribution < -0.4 is 11.5 Å². The van der Waals surface area contributed by atoms with Gasteiger partial charge in [-0.3, -0.25) is 4.79 Å². The molecular formula is C15H14Cl2N2O4. The molecule has 0 saturated heterocycles. The summed E-state index contributed by atoms with van der Waals surface area (Å²) in [6, 6.07) is 8.85. The zero-order chi connectivity index (χ0) is 17.2. The second-order valence-corrected chi connectivity index (χ2v) is 5.81. The Kier molecular flexibility index (Phi) is 4.99. The highest BCUT2D eigenvalue weighted by atomic mass is 35.5. The fraction of sp³-hybridized carbons (Fsp3) is 0.200. The molecule has 122 valence electrons. The van der Waals surface area contributed by atoms with Crippen LogP contribution in [0.1, 0.15) is 5.56 Å². The predicted octanol–water partition coefficient (Wildman–Crippen LogP) is 1.67. The van der Waals surface area contributed by atoms with E-state index in [1.165, 1.54) is 0 Å². The van der Waals surface area contributed by atoms with Crippen molar-refractivity contribution in [1.82, 2.24) is 0 Å². The number of esters is 1. The third-order valence-corrected chi connectivity index (χ3v) is 4.24. The summed E-state index contributed by atoms with van der Waals surface area (Å²) in [7, 11) is 0. The van der Waals surface area contributed by atoms with Crippen LogP contribution in [0.5, 0.6) is 0 Å². The summed E-state index contributed by atoms with van der Waals surface area (Å²) in [5.41, 5.74) is 10.00. The predicted molar refractivity (Wildman–Crippen MR) is 85.3 cm³/mol. The van der Waals surface area contributed by atoms with Crippen molar-refractivity contribution < 1.29 is 19.4 Å². The molecule has 1 aliphatic rings. The van der Waals surface area contributed by atoms with Crippen molar-refractivity contribution in [2.24, 2.45) is 17.4 Å². The van der Waals surface area contributed by atoms with Crippen molar-refractivity contribution in [2.45, 2.75) is 12.1 Å². The van der Waals surface area contributed by atoms with E-state index in [2.05, 4.69) is 0 Å². The second-order valence-electron chi connectivity index (χ2n) is 5.00. The van der Waals surface area contributed by atoms with Gasteiger partial charge in [0.15, 0.2) is 5.54 Å². The van der Waals surface area contributed by atoms with E-state index >= 15 is 0 Å². The normalized spacial score (nSPS) is 24.1. The van der Waals surface area contributed by atoms with Gasteiger partial charge in [0.05, 0.1) is 10.1 Å². The Morgan fingerprint density at radius 1 is 1.26 bits per heavy atom. The largest absolute Gasteiger partial charge is 0.481 e. The van der Waals surface area contributed by atoms with Gasteiger partial charge in [-0.05, 0) is 11.6 Å². The summed E-state index contributed by atoms with van der Waals surface area (Å²) in [6.45, 7) is -0.0769. The van der Waals surface area contributed by atoms with Crippen molar-refractivity contribution in [3.63, 3.8) is 0 Å². The average molecular weight is 357 g/mol. The number of rotatable bonds is 4. The molecule has 2 rings (SSSR count). The first-order chi connectivity index (χ1) is 10.8. The van der Waals surface area contributed by atoms with Crippen molar-refractivity contribution in [2.75, 3.05) is 0 Å². The van der Waals surface area contributed by atoms with Gasteiger partial charge in [0.2, 0.25) is 0 Å². The van der Waals surface area contributed by atoms with Gasteiger partial charge >= 0.3 is 11.9 Å². The third kappa shape index (κ3) is 3.19. The van der Waals surface area contributed by atoms with E-state index in [9.17, 15) is 14.7 Å². The van der Waals surface area contributed by atoms with E-state index in [0.717, 1.165) is 6.08 Å². The van der Waals surface area contributed by atoms with Gasteiger partial charge in [-0.25, -0.2) is 4.79 Å². The SMILES string of the molecule is NC1=C(Cl)C=C(Cl)C(N)(C(=O)OCc2ccccc2)C1C(=O)O. The van der Waals surface area contributed by atoms with Crippen LogP contribution in [0, 0.1) is 5.92 Å². The van der Waals surface area contributed by atoms with Gasteiger partial charge in [-0.2, -0.15) is 0 Å². The highest BCUT2D eigenvalue weighted by Crippen LogP contribution is 2.39. The first-order valence-electron chi connectivity index (χ1n) is 6.54. The smallest absolute Gasteiger partial charge is 0.333 e. The van der Waals surface area contributed by atoms with Crippen LogP contribution in [0.4, 0.5) is 0 Å². The van der Waals surface area contributed by atoms with Crippen LogP contribution in [-0.4, -0.2) is 22.6 Å². The molecule has 0 fully saturated rings. The zero-order valence-corrected chi connectivity index (χ0v) is 13.3. The maximum atomic E-state index is 12.4. The first-order valence-corrected chi connectivity index (χ1v) is 7.29. The Hall–Kier alpha value is -2.02. The minimum Gasteiger partial charge on any atom is -0.481 e. The topological polar surface area (TPSA) is 116 Å². The summed E-state index contributed by atoms with van der Waals surface area (Å²) in [4.78, 5) is 23.9. The molecule has 1 aromatic rings. The molecule has 2 unspecified atom stereocenters. The lowest BCUT2D eigenvalue weighted by atomic mass is 9.79. The highest BCUT2D eigenvalue weighted by molar-refractivity contribution is 6.37. The number of aliphatic carboxylic acids is 1. The number of hydrogen-bond acceptors (Lipinski definition) is 5. The van der Waals surface area contributed by atoms with E-state index in [4.69, 9.17) is 39.4 Å². The minimum absolute atomic E-state index is 0.0701. The Morgan fingerprint density at radius 3 is 2.43 bits per heavy atom. The van der Waals surface area contributed by atoms with Crippen molar-refractivity contribution in [3.8, 4) is 0 Å². The molecule has 0 spiro atoms. The van der Waals surface area contributed by atoms with E-state index in [1.54, 1.807) is 24.3 Å². The first kappa shape index (κ1) is 17.3. The Balaban J connectivity index is 2.29. The molecule has 1 aromatic carbocycles. The number of benzene rings is 1. The number of carboxylic acid groups (broad SMARTS) is 1. The van der Waals surface area contributed by atoms with Crippen LogP contribution in [0.15, 0.2) is 52.2 Å². The van der Waals surface area contributed by atoms with Crippen molar-refractivity contribution in [1.29, 1.82) is 0 Å². The van der Waals surface area contributed by atoms with E-state index < -0.39 is 23.4 Å². The second kappa shape index (κ2) is 6.62. The number of nitrogens with two attached hydrogens (primary N) is 2. The minimum atomic E-state index is -2.13. The molecule has 0 saturated carbocycles. The molecule has 0 aliphatic heterocycles. The van der Waals surface area contributed by atoms with E-state index in [0.29, 0.717) is 5.56 Å². The third-order valence-electron chi connectivity index (χ3n) is 3.49. The molecule has 1 aliphatic carbocycles. The highest BCUT2D eigenvalue weighted by Gasteiger charge is 2.54. The molecule has 6 nitrogen and oxygen atoms in total. The number of carbonyl (C=O) groups excluding carboxylic acids is 1. The molecule has 0 bridgehead atoms. The number of ether oxygens (including phenoxy) is 1. The standard InChI is InChI=1S/C15H14Cl2N2O4/c16-9-6-10(17)15(19,11(12(9)18)13(20)21)14(22)23-7-8-4-2-1-3-5-8/h1-6,11H,7,18-19H2,(H,20,21). The summed E-state index contributed by atoms with van der Waals surface area (Å²) in [6.07, 6.45) is 1.15. The molecule has 0 aromatic heterocycles. The lowest BCUT2D eigenvalue weighted by Gasteiger charge is -2.35. The maximum Gasteiger partial charge on any atom is 0.333 e. The summed E-state index contributed by atoms with van der Waals surface area (Å²) < 4.78 is 5.13. The number of allylic oxidation sites excluding steroid dienone is 2. The van der Waals surface area contributed by atoms with Crippen LogP contribution in [0.25, 0.3) is 0 Å². The number of carboxylic acids is 1. The summed E-state index contributed by atoms with van der Waals surface area (Å²) >= 11 is 11.8. The van der Waals surface area contributed by atoms with Crippen molar-refractivity contribution in [3.05, 3.63) is 57.7 Å². The monoisotopic (exact) mass is 356 g/mol. The van der Waals surface area contributed by atoms with Gasteiger partial charge in [-0.15, -0.1) is 0 Å². The molecule has 0 radical (unpaired) electrons. The van der Waals surface area contributed by atoms with Gasteiger partial charge in [0.1, 0.15) is 12.5 Å². The van der Waals surface area contributed by atoms with Crippen LogP contribution in [0.2, 0.25) is 0 Å². The summed E-state index contributed by atoms with van der Waals surface area (Å²) in [5.74, 6) is -4.04. The van der Waals surface area contributed by atoms with Gasteiger partial charge in [-0.1, -0.05) is 53.5 Å². The molecule has 0 amide bonds. The molecule has 0 heterocycles. The Morgan fingerprint density at radius 2 is 1.87 bits per heavy atom. The van der Waals surface area contributed by atoms with Gasteiger partial charge in [0.25, 0.3) is 0 Å². The van der Waals surface area contributed by atoms with Crippen LogP contribution in [0.3, 0.4) is 0 Å².